The smallest absolute Gasteiger partial charge is 0.259 e. The van der Waals surface area contributed by atoms with Gasteiger partial charge in [0.1, 0.15) is 5.75 Å². The summed E-state index contributed by atoms with van der Waals surface area (Å²) in [5.41, 5.74) is 7.31. The number of anilines is 2. The highest BCUT2D eigenvalue weighted by Crippen LogP contribution is 2.29. The molecule has 0 spiro atoms. The van der Waals surface area contributed by atoms with Gasteiger partial charge in [0.2, 0.25) is 0 Å². The monoisotopic (exact) mass is 425 g/mol. The van der Waals surface area contributed by atoms with Crippen LogP contribution in [0.1, 0.15) is 20.7 Å². The Kier molecular flexibility index (Phi) is 7.51. The van der Waals surface area contributed by atoms with Crippen molar-refractivity contribution in [3.8, 4) is 5.75 Å². The van der Waals surface area contributed by atoms with Crippen molar-refractivity contribution in [3.63, 3.8) is 0 Å². The molecule has 2 amide bonds. The average Bonchev–Trinajstić information content (AvgIpc) is 2.70. The number of hydrogen-bond acceptors (Lipinski definition) is 5. The minimum absolute atomic E-state index is 0. The third-order valence-electron chi connectivity index (χ3n) is 4.23. The lowest BCUT2D eigenvalue weighted by Crippen LogP contribution is -2.40. The summed E-state index contributed by atoms with van der Waals surface area (Å²) < 4.78 is 10.5. The fourth-order valence-corrected chi connectivity index (χ4v) is 2.96. The topological polar surface area (TPSA) is 93.9 Å². The number of nitrogens with zero attached hydrogens (tertiary/aromatic N) is 1. The van der Waals surface area contributed by atoms with Crippen LogP contribution in [0.4, 0.5) is 11.4 Å². The van der Waals surface area contributed by atoms with Crippen molar-refractivity contribution in [1.82, 2.24) is 4.90 Å². The SMILES string of the molecule is COc1cc(N)c(Cl)cc1C(=O)Nc1cccc(C(=O)N2CCOCC2)c1.Cl. The van der Waals surface area contributed by atoms with E-state index in [2.05, 4.69) is 5.32 Å². The summed E-state index contributed by atoms with van der Waals surface area (Å²) in [7, 11) is 1.45. The number of morpholine rings is 1. The first-order chi connectivity index (χ1) is 13.0. The van der Waals surface area contributed by atoms with Gasteiger partial charge in [0.05, 0.1) is 36.6 Å². The molecule has 150 valence electrons. The number of halogens is 2. The third kappa shape index (κ3) is 4.86. The van der Waals surface area contributed by atoms with Crippen molar-refractivity contribution in [2.45, 2.75) is 0 Å². The summed E-state index contributed by atoms with van der Waals surface area (Å²) in [4.78, 5) is 27.0. The molecule has 1 aliphatic heterocycles. The Hall–Kier alpha value is -2.48. The van der Waals surface area contributed by atoms with E-state index in [1.54, 1.807) is 29.2 Å². The number of hydrogen-bond donors (Lipinski definition) is 2. The van der Waals surface area contributed by atoms with Gasteiger partial charge in [0.25, 0.3) is 11.8 Å². The normalized spacial score (nSPS) is 13.4. The van der Waals surface area contributed by atoms with E-state index in [4.69, 9.17) is 26.8 Å². The van der Waals surface area contributed by atoms with E-state index in [-0.39, 0.29) is 28.9 Å². The van der Waals surface area contributed by atoms with E-state index in [0.717, 1.165) is 0 Å². The lowest BCUT2D eigenvalue weighted by atomic mass is 10.1. The maximum Gasteiger partial charge on any atom is 0.259 e. The molecule has 1 heterocycles. The van der Waals surface area contributed by atoms with Crippen LogP contribution < -0.4 is 15.8 Å². The minimum atomic E-state index is -0.412. The number of rotatable bonds is 4. The molecule has 1 saturated heterocycles. The number of nitrogens with two attached hydrogens (primary N) is 1. The Morgan fingerprint density at radius 3 is 2.61 bits per heavy atom. The summed E-state index contributed by atoms with van der Waals surface area (Å²) in [6.45, 7) is 2.16. The van der Waals surface area contributed by atoms with Crippen LogP contribution in [0.3, 0.4) is 0 Å². The van der Waals surface area contributed by atoms with Crippen LogP contribution in [0.5, 0.6) is 5.75 Å². The van der Waals surface area contributed by atoms with Crippen LogP contribution in [-0.4, -0.2) is 50.1 Å². The van der Waals surface area contributed by atoms with Crippen molar-refractivity contribution in [2.24, 2.45) is 0 Å². The first kappa shape index (κ1) is 21.8. The Labute approximate surface area is 174 Å². The van der Waals surface area contributed by atoms with Gasteiger partial charge in [0, 0.05) is 30.4 Å². The van der Waals surface area contributed by atoms with Gasteiger partial charge in [-0.3, -0.25) is 9.59 Å². The standard InChI is InChI=1S/C19H20ClN3O4.ClH/c1-26-17-11-16(21)15(20)10-14(17)18(24)22-13-4-2-3-12(9-13)19(25)23-5-7-27-8-6-23;/h2-4,9-11H,5-8,21H2,1H3,(H,22,24);1H. The van der Waals surface area contributed by atoms with Gasteiger partial charge >= 0.3 is 0 Å². The molecule has 0 bridgehead atoms. The highest BCUT2D eigenvalue weighted by atomic mass is 35.5. The fraction of sp³-hybridized carbons (Fsp3) is 0.263. The van der Waals surface area contributed by atoms with Crippen molar-refractivity contribution >= 4 is 47.2 Å². The van der Waals surface area contributed by atoms with Crippen LogP contribution in [0.25, 0.3) is 0 Å². The molecule has 0 atom stereocenters. The maximum atomic E-state index is 12.6. The van der Waals surface area contributed by atoms with Crippen LogP contribution >= 0.6 is 24.0 Å². The Morgan fingerprint density at radius 1 is 1.21 bits per heavy atom. The van der Waals surface area contributed by atoms with Crippen LogP contribution in [0.2, 0.25) is 5.02 Å². The molecular weight excluding hydrogens is 405 g/mol. The quantitative estimate of drug-likeness (QED) is 0.733. The molecule has 0 aliphatic carbocycles. The minimum Gasteiger partial charge on any atom is -0.496 e. The molecule has 7 nitrogen and oxygen atoms in total. The van der Waals surface area contributed by atoms with E-state index in [1.165, 1.54) is 19.2 Å². The van der Waals surface area contributed by atoms with Gasteiger partial charge in [-0.2, -0.15) is 0 Å². The predicted octanol–water partition coefficient (Wildman–Crippen LogP) is 3.08. The molecule has 2 aromatic rings. The van der Waals surface area contributed by atoms with Crippen molar-refractivity contribution in [2.75, 3.05) is 44.5 Å². The number of nitrogen functional groups attached to an aromatic ring is 1. The lowest BCUT2D eigenvalue weighted by molar-refractivity contribution is 0.0303. The first-order valence-electron chi connectivity index (χ1n) is 8.41. The molecule has 0 aromatic heterocycles. The van der Waals surface area contributed by atoms with Crippen molar-refractivity contribution < 1.29 is 19.1 Å². The Balaban J connectivity index is 0.00000280. The zero-order valence-electron chi connectivity index (χ0n) is 15.2. The second-order valence-electron chi connectivity index (χ2n) is 6.01. The van der Waals surface area contributed by atoms with Gasteiger partial charge < -0.3 is 25.4 Å². The highest BCUT2D eigenvalue weighted by Gasteiger charge is 2.20. The van der Waals surface area contributed by atoms with Gasteiger partial charge in [-0.05, 0) is 24.3 Å². The van der Waals surface area contributed by atoms with E-state index < -0.39 is 5.91 Å². The summed E-state index contributed by atoms with van der Waals surface area (Å²) in [5.74, 6) is -0.192. The lowest BCUT2D eigenvalue weighted by Gasteiger charge is -2.27. The van der Waals surface area contributed by atoms with Gasteiger partial charge in [-0.1, -0.05) is 17.7 Å². The molecule has 9 heteroatoms. The summed E-state index contributed by atoms with van der Waals surface area (Å²) >= 11 is 6.02. The molecule has 0 unspecified atom stereocenters. The third-order valence-corrected chi connectivity index (χ3v) is 4.56. The number of methoxy groups -OCH3 is 1. The van der Waals surface area contributed by atoms with E-state index in [9.17, 15) is 9.59 Å². The van der Waals surface area contributed by atoms with Gasteiger partial charge in [0.15, 0.2) is 0 Å². The van der Waals surface area contributed by atoms with Crippen molar-refractivity contribution in [3.05, 3.63) is 52.5 Å². The molecule has 0 radical (unpaired) electrons. The van der Waals surface area contributed by atoms with E-state index in [1.807, 2.05) is 0 Å². The molecular formula is C19H21Cl2N3O4. The summed E-state index contributed by atoms with van der Waals surface area (Å²) in [5, 5.41) is 3.03. The highest BCUT2D eigenvalue weighted by molar-refractivity contribution is 6.33. The number of benzene rings is 2. The zero-order chi connectivity index (χ0) is 19.4. The number of amides is 2. The van der Waals surface area contributed by atoms with Gasteiger partial charge in [-0.15, -0.1) is 12.4 Å². The first-order valence-corrected chi connectivity index (χ1v) is 8.79. The Bertz CT molecular complexity index is 870. The second kappa shape index (κ2) is 9.64. The molecule has 3 rings (SSSR count). The van der Waals surface area contributed by atoms with E-state index in [0.29, 0.717) is 49.0 Å². The fourth-order valence-electron chi connectivity index (χ4n) is 2.79. The number of nitrogens with one attached hydrogen (secondary N) is 1. The van der Waals surface area contributed by atoms with Crippen LogP contribution in [-0.2, 0) is 4.74 Å². The summed E-state index contributed by atoms with van der Waals surface area (Å²) in [6.07, 6.45) is 0. The number of ether oxygens (including phenoxy) is 2. The second-order valence-corrected chi connectivity index (χ2v) is 6.42. The van der Waals surface area contributed by atoms with Gasteiger partial charge in [-0.25, -0.2) is 0 Å². The average molecular weight is 426 g/mol. The summed E-state index contributed by atoms with van der Waals surface area (Å²) in [6, 6.07) is 9.73. The van der Waals surface area contributed by atoms with Crippen LogP contribution in [0.15, 0.2) is 36.4 Å². The van der Waals surface area contributed by atoms with Crippen molar-refractivity contribution in [1.29, 1.82) is 0 Å². The zero-order valence-corrected chi connectivity index (χ0v) is 16.8. The largest absolute Gasteiger partial charge is 0.496 e. The molecule has 0 saturated carbocycles. The Morgan fingerprint density at radius 2 is 1.93 bits per heavy atom. The number of carbonyl (C=O) groups excluding carboxylic acids is 2. The number of carbonyl (C=O) groups is 2. The molecule has 1 fully saturated rings. The molecule has 28 heavy (non-hydrogen) atoms. The molecule has 2 aromatic carbocycles. The van der Waals surface area contributed by atoms with Crippen LogP contribution in [0, 0.1) is 0 Å². The maximum absolute atomic E-state index is 12.6. The van der Waals surface area contributed by atoms with E-state index >= 15 is 0 Å². The molecule has 1 aliphatic rings. The molecule has 3 N–H and O–H groups in total. The predicted molar refractivity (Wildman–Crippen MR) is 111 cm³/mol.